The van der Waals surface area contributed by atoms with Crippen molar-refractivity contribution in [2.45, 2.75) is 0 Å². The number of halogens is 1. The molecule has 0 aliphatic heterocycles. The second-order valence-corrected chi connectivity index (χ2v) is 5.81. The van der Waals surface area contributed by atoms with E-state index in [2.05, 4.69) is 0 Å². The first-order valence-corrected chi connectivity index (χ1v) is 6.76. The molecule has 3 nitrogen and oxygen atoms in total. The van der Waals surface area contributed by atoms with E-state index in [0.29, 0.717) is 36.8 Å². The fraction of sp³-hybridized carbons (Fsp3) is 0. The Bertz CT molecular complexity index is 745. The number of benzene rings is 1. The Balaban J connectivity index is 2.88. The van der Waals surface area contributed by atoms with E-state index in [-0.39, 0.29) is 5.56 Å². The Labute approximate surface area is 123 Å². The average molecular weight is 307 g/mol. The van der Waals surface area contributed by atoms with E-state index in [1.165, 1.54) is 0 Å². The summed E-state index contributed by atoms with van der Waals surface area (Å²) in [6.07, 6.45) is 0.656. The van der Waals surface area contributed by atoms with Crippen molar-refractivity contribution in [3.8, 4) is 17.2 Å². The topological polar surface area (TPSA) is 66.9 Å². The molecule has 0 aliphatic carbocycles. The molecule has 0 fully saturated rings. The zero-order valence-corrected chi connectivity index (χ0v) is 11.9. The van der Waals surface area contributed by atoms with Crippen molar-refractivity contribution in [3.05, 3.63) is 44.2 Å². The quantitative estimate of drug-likeness (QED) is 0.671. The van der Waals surface area contributed by atoms with E-state index in [1.807, 2.05) is 6.07 Å². The highest BCUT2D eigenvalue weighted by Gasteiger charge is 2.16. The van der Waals surface area contributed by atoms with E-state index in [4.69, 9.17) is 29.6 Å². The van der Waals surface area contributed by atoms with Crippen LogP contribution in [-0.4, -0.2) is 6.29 Å². The second kappa shape index (κ2) is 5.49. The summed E-state index contributed by atoms with van der Waals surface area (Å²) in [6, 6.07) is 8.84. The molecule has 1 heterocycles. The van der Waals surface area contributed by atoms with Gasteiger partial charge in [-0.15, -0.1) is 11.3 Å². The van der Waals surface area contributed by atoms with Crippen molar-refractivity contribution in [1.29, 1.82) is 5.26 Å². The largest absolute Gasteiger partial charge is 0.389 e. The maximum atomic E-state index is 11.2. The summed E-state index contributed by atoms with van der Waals surface area (Å²) in [6.45, 7) is 0. The van der Waals surface area contributed by atoms with Crippen molar-refractivity contribution < 1.29 is 4.79 Å². The van der Waals surface area contributed by atoms with Gasteiger partial charge in [-0.25, -0.2) is 0 Å². The Morgan fingerprint density at radius 1 is 1.37 bits per heavy atom. The van der Waals surface area contributed by atoms with Gasteiger partial charge in [-0.3, -0.25) is 4.79 Å². The molecule has 0 amide bonds. The Kier molecular flexibility index (Phi) is 3.96. The van der Waals surface area contributed by atoms with Gasteiger partial charge in [-0.2, -0.15) is 5.26 Å². The highest BCUT2D eigenvalue weighted by atomic mass is 35.5. The molecule has 2 rings (SSSR count). The molecule has 19 heavy (non-hydrogen) atoms. The van der Waals surface area contributed by atoms with Crippen LogP contribution in [0.3, 0.4) is 0 Å². The normalized spacial score (nSPS) is 9.89. The van der Waals surface area contributed by atoms with Crippen LogP contribution in [0.4, 0.5) is 5.00 Å². The molecule has 1 aromatic heterocycles. The maximum Gasteiger partial charge on any atom is 0.153 e. The zero-order chi connectivity index (χ0) is 14.0. The molecular weight excluding hydrogens is 300 g/mol. The van der Waals surface area contributed by atoms with Crippen molar-refractivity contribution in [3.63, 3.8) is 0 Å². The smallest absolute Gasteiger partial charge is 0.153 e. The number of hydrogen-bond donors (Lipinski definition) is 1. The number of anilines is 1. The summed E-state index contributed by atoms with van der Waals surface area (Å²) in [5.74, 6) is 0. The number of carbonyl (C=O) groups is 1. The second-order valence-electron chi connectivity index (χ2n) is 3.65. The number of aldehydes is 1. The minimum Gasteiger partial charge on any atom is -0.389 e. The zero-order valence-electron chi connectivity index (χ0n) is 9.51. The maximum absolute atomic E-state index is 11.2. The third kappa shape index (κ3) is 2.51. The standard InChI is InChI=1S/C13H7ClN2OS2/c14-8-3-1-7(2-4-8)11-9(5-15)12(16)19-13(18)10(11)6-17/h1-4,6H,16H2. The predicted molar refractivity (Wildman–Crippen MR) is 80.1 cm³/mol. The molecule has 1 aromatic carbocycles. The van der Waals surface area contributed by atoms with Gasteiger partial charge in [-0.05, 0) is 17.7 Å². The SMILES string of the molecule is N#Cc1c(N)sc(=S)c(C=O)c1-c1ccc(Cl)cc1. The van der Waals surface area contributed by atoms with Crippen molar-refractivity contribution >= 4 is 46.4 Å². The van der Waals surface area contributed by atoms with Gasteiger partial charge < -0.3 is 5.73 Å². The summed E-state index contributed by atoms with van der Waals surface area (Å²) >= 11 is 12.0. The lowest BCUT2D eigenvalue weighted by Gasteiger charge is -2.09. The molecule has 2 aromatic rings. The van der Waals surface area contributed by atoms with Gasteiger partial charge in [0.25, 0.3) is 0 Å². The van der Waals surface area contributed by atoms with Crippen LogP contribution >= 0.6 is 35.2 Å². The first-order chi connectivity index (χ1) is 9.08. The monoisotopic (exact) mass is 306 g/mol. The molecule has 0 aliphatic rings. The fourth-order valence-electron chi connectivity index (χ4n) is 1.70. The molecule has 6 heteroatoms. The summed E-state index contributed by atoms with van der Waals surface area (Å²) in [5.41, 5.74) is 7.55. The van der Waals surface area contributed by atoms with E-state index >= 15 is 0 Å². The van der Waals surface area contributed by atoms with Gasteiger partial charge in [0.05, 0.1) is 11.1 Å². The lowest BCUT2D eigenvalue weighted by Crippen LogP contribution is -1.97. The van der Waals surface area contributed by atoms with Crippen LogP contribution < -0.4 is 5.73 Å². The number of nitriles is 1. The fourth-order valence-corrected chi connectivity index (χ4v) is 2.96. The Morgan fingerprint density at radius 2 is 2.00 bits per heavy atom. The molecule has 94 valence electrons. The highest BCUT2D eigenvalue weighted by Crippen LogP contribution is 2.34. The van der Waals surface area contributed by atoms with Crippen molar-refractivity contribution in [2.24, 2.45) is 0 Å². The van der Waals surface area contributed by atoms with Crippen LogP contribution in [0.1, 0.15) is 15.9 Å². The first kappa shape index (κ1) is 13.7. The third-order valence-corrected chi connectivity index (χ3v) is 4.10. The molecule has 0 spiro atoms. The summed E-state index contributed by atoms with van der Waals surface area (Å²) in [4.78, 5) is 11.2. The van der Waals surface area contributed by atoms with Gasteiger partial charge in [0.15, 0.2) is 6.29 Å². The minimum atomic E-state index is 0.267. The molecular formula is C13H7ClN2OS2. The molecule has 2 N–H and O–H groups in total. The summed E-state index contributed by atoms with van der Waals surface area (Å²) in [5, 5.41) is 10.1. The number of carbonyl (C=O) groups excluding carboxylic acids is 1. The number of nitrogens with two attached hydrogens (primary N) is 1. The highest BCUT2D eigenvalue weighted by molar-refractivity contribution is 7.73. The van der Waals surface area contributed by atoms with Crippen LogP contribution in [0.5, 0.6) is 0 Å². The third-order valence-electron chi connectivity index (χ3n) is 2.55. The summed E-state index contributed by atoms with van der Waals surface area (Å²) < 4.78 is 0.372. The van der Waals surface area contributed by atoms with Crippen LogP contribution in [0, 0.1) is 15.2 Å². The number of nitrogen functional groups attached to an aromatic ring is 1. The molecule has 0 saturated carbocycles. The van der Waals surface area contributed by atoms with E-state index in [1.54, 1.807) is 24.3 Å². The van der Waals surface area contributed by atoms with E-state index in [0.717, 1.165) is 11.3 Å². The number of rotatable bonds is 2. The molecule has 0 bridgehead atoms. The van der Waals surface area contributed by atoms with Gasteiger partial charge >= 0.3 is 0 Å². The van der Waals surface area contributed by atoms with Crippen LogP contribution in [0.25, 0.3) is 11.1 Å². The van der Waals surface area contributed by atoms with Gasteiger partial charge in [0.2, 0.25) is 0 Å². The van der Waals surface area contributed by atoms with Gasteiger partial charge in [0.1, 0.15) is 14.9 Å². The van der Waals surface area contributed by atoms with Gasteiger partial charge in [-0.1, -0.05) is 36.0 Å². The van der Waals surface area contributed by atoms with E-state index < -0.39 is 0 Å². The average Bonchev–Trinajstić information content (AvgIpc) is 2.39. The van der Waals surface area contributed by atoms with Crippen LogP contribution in [0.2, 0.25) is 5.02 Å². The number of nitrogens with zero attached hydrogens (tertiary/aromatic N) is 1. The van der Waals surface area contributed by atoms with Crippen molar-refractivity contribution in [2.75, 3.05) is 5.73 Å². The molecule has 0 saturated heterocycles. The predicted octanol–water partition coefficient (Wildman–Crippen LogP) is 4.06. The summed E-state index contributed by atoms with van der Waals surface area (Å²) in [7, 11) is 0. The lowest BCUT2D eigenvalue weighted by molar-refractivity contribution is 0.112. The van der Waals surface area contributed by atoms with Crippen molar-refractivity contribution in [1.82, 2.24) is 0 Å². The molecule has 0 unspecified atom stereocenters. The Morgan fingerprint density at radius 3 is 2.53 bits per heavy atom. The lowest BCUT2D eigenvalue weighted by atomic mass is 9.99. The van der Waals surface area contributed by atoms with Crippen LogP contribution in [-0.2, 0) is 0 Å². The van der Waals surface area contributed by atoms with E-state index in [9.17, 15) is 10.1 Å². The number of hydrogen-bond acceptors (Lipinski definition) is 5. The minimum absolute atomic E-state index is 0.267. The Hall–Kier alpha value is -1.74. The molecule has 0 radical (unpaired) electrons. The molecule has 0 atom stereocenters. The van der Waals surface area contributed by atoms with Crippen LogP contribution in [0.15, 0.2) is 24.3 Å². The first-order valence-electron chi connectivity index (χ1n) is 5.16. The van der Waals surface area contributed by atoms with Gasteiger partial charge in [0, 0.05) is 10.6 Å².